The van der Waals surface area contributed by atoms with E-state index in [1.807, 2.05) is 17.5 Å². The van der Waals surface area contributed by atoms with E-state index in [0.29, 0.717) is 11.3 Å². The molecule has 0 saturated heterocycles. The third-order valence-corrected chi connectivity index (χ3v) is 4.63. The van der Waals surface area contributed by atoms with E-state index in [0.717, 1.165) is 4.88 Å². The van der Waals surface area contributed by atoms with Crippen molar-refractivity contribution < 1.29 is 14.6 Å². The average Bonchev–Trinajstić information content (AvgIpc) is 3.17. The minimum absolute atomic E-state index is 0.0349. The van der Waals surface area contributed by atoms with Crippen LogP contribution in [-0.4, -0.2) is 16.6 Å². The summed E-state index contributed by atoms with van der Waals surface area (Å²) >= 11 is 7.39. The Morgan fingerprint density at radius 2 is 1.81 bits per heavy atom. The molecule has 0 aliphatic carbocycles. The number of non-ortho nitro benzene ring substituents is 1. The molecule has 2 aromatic carbocycles. The first-order valence-corrected chi connectivity index (χ1v) is 8.64. The van der Waals surface area contributed by atoms with Gasteiger partial charge >= 0.3 is 5.97 Å². The summed E-state index contributed by atoms with van der Waals surface area (Å²) in [6, 6.07) is 16.0. The van der Waals surface area contributed by atoms with Crippen LogP contribution in [0.25, 0.3) is 0 Å². The molecule has 0 aliphatic rings. The summed E-state index contributed by atoms with van der Waals surface area (Å²) in [6.45, 7) is 0. The summed E-state index contributed by atoms with van der Waals surface area (Å²) < 4.78 is 0. The fourth-order valence-electron chi connectivity index (χ4n) is 2.16. The third kappa shape index (κ3) is 3.96. The Morgan fingerprint density at radius 3 is 2.42 bits per heavy atom. The molecule has 0 unspecified atom stereocenters. The van der Waals surface area contributed by atoms with Gasteiger partial charge in [-0.15, -0.1) is 11.3 Å². The lowest BCUT2D eigenvalue weighted by Crippen LogP contribution is -2.07. The number of carbonyl (C=O) groups excluding carboxylic acids is 1. The second-order valence-corrected chi connectivity index (χ2v) is 6.43. The number of hydrogen-bond donors (Lipinski definition) is 0. The van der Waals surface area contributed by atoms with Crippen LogP contribution in [0.3, 0.4) is 0 Å². The maximum absolute atomic E-state index is 12.2. The first kappa shape index (κ1) is 17.8. The number of thiophene rings is 1. The normalized spacial score (nSPS) is 11.2. The SMILES string of the molecule is O=C(O/N=C(\c1ccc([N+](=O)[O-])cc1)c1cccs1)c1ccccc1Cl. The summed E-state index contributed by atoms with van der Waals surface area (Å²) in [5.74, 6) is -0.688. The van der Waals surface area contributed by atoms with Gasteiger partial charge in [-0.05, 0) is 35.7 Å². The van der Waals surface area contributed by atoms with Crippen molar-refractivity contribution in [3.8, 4) is 0 Å². The molecule has 6 nitrogen and oxygen atoms in total. The van der Waals surface area contributed by atoms with Crippen LogP contribution < -0.4 is 0 Å². The zero-order valence-electron chi connectivity index (χ0n) is 13.2. The predicted octanol–water partition coefficient (Wildman–Crippen LogP) is 4.92. The minimum atomic E-state index is -0.688. The van der Waals surface area contributed by atoms with E-state index in [2.05, 4.69) is 5.16 Å². The van der Waals surface area contributed by atoms with Gasteiger partial charge in [0.15, 0.2) is 0 Å². The summed E-state index contributed by atoms with van der Waals surface area (Å²) in [4.78, 5) is 28.4. The molecule has 1 heterocycles. The molecule has 0 bridgehead atoms. The van der Waals surface area contributed by atoms with E-state index in [9.17, 15) is 14.9 Å². The van der Waals surface area contributed by atoms with Crippen molar-refractivity contribution in [1.82, 2.24) is 0 Å². The molecule has 0 N–H and O–H groups in total. The second kappa shape index (κ2) is 7.90. The van der Waals surface area contributed by atoms with Crippen LogP contribution in [0.15, 0.2) is 71.2 Å². The molecule has 26 heavy (non-hydrogen) atoms. The lowest BCUT2D eigenvalue weighted by Gasteiger charge is -2.05. The first-order chi connectivity index (χ1) is 12.6. The highest BCUT2D eigenvalue weighted by Gasteiger charge is 2.15. The number of nitrogens with zero attached hydrogens (tertiary/aromatic N) is 2. The minimum Gasteiger partial charge on any atom is -0.312 e. The number of rotatable bonds is 5. The van der Waals surface area contributed by atoms with Crippen LogP contribution in [0.2, 0.25) is 5.02 Å². The molecule has 0 atom stereocenters. The van der Waals surface area contributed by atoms with Crippen molar-refractivity contribution >= 4 is 40.3 Å². The Kier molecular flexibility index (Phi) is 5.40. The quantitative estimate of drug-likeness (QED) is 0.270. The van der Waals surface area contributed by atoms with Gasteiger partial charge in [-0.3, -0.25) is 10.1 Å². The molecule has 0 aliphatic heterocycles. The smallest absolute Gasteiger partial charge is 0.312 e. The molecule has 0 fully saturated rings. The van der Waals surface area contributed by atoms with Crippen LogP contribution in [0, 0.1) is 10.1 Å². The van der Waals surface area contributed by atoms with E-state index in [1.165, 1.54) is 29.5 Å². The Morgan fingerprint density at radius 1 is 1.08 bits per heavy atom. The highest BCUT2D eigenvalue weighted by molar-refractivity contribution is 7.12. The van der Waals surface area contributed by atoms with Crippen LogP contribution in [0.1, 0.15) is 20.8 Å². The third-order valence-electron chi connectivity index (χ3n) is 3.42. The number of nitro benzene ring substituents is 1. The Balaban J connectivity index is 1.92. The Labute approximate surface area is 157 Å². The van der Waals surface area contributed by atoms with Crippen LogP contribution in [-0.2, 0) is 4.84 Å². The summed E-state index contributed by atoms with van der Waals surface area (Å²) in [7, 11) is 0. The number of nitro groups is 1. The molecule has 130 valence electrons. The monoisotopic (exact) mass is 386 g/mol. The number of halogens is 1. The van der Waals surface area contributed by atoms with Crippen molar-refractivity contribution in [2.75, 3.05) is 0 Å². The zero-order valence-corrected chi connectivity index (χ0v) is 14.7. The molecule has 0 spiro atoms. The number of benzene rings is 2. The topological polar surface area (TPSA) is 81.8 Å². The predicted molar refractivity (Wildman–Crippen MR) is 99.9 cm³/mol. The van der Waals surface area contributed by atoms with Gasteiger partial charge in [-0.2, -0.15) is 0 Å². The average molecular weight is 387 g/mol. The fraction of sp³-hybridized carbons (Fsp3) is 0. The lowest BCUT2D eigenvalue weighted by molar-refractivity contribution is -0.384. The van der Waals surface area contributed by atoms with E-state index >= 15 is 0 Å². The fourth-order valence-corrected chi connectivity index (χ4v) is 3.10. The molecule has 0 amide bonds. The molecular weight excluding hydrogens is 376 g/mol. The summed E-state index contributed by atoms with van der Waals surface area (Å²) in [6.07, 6.45) is 0. The molecular formula is C18H11ClN2O4S. The van der Waals surface area contributed by atoms with Crippen molar-refractivity contribution in [2.24, 2.45) is 5.16 Å². The van der Waals surface area contributed by atoms with Gasteiger partial charge in [-0.25, -0.2) is 4.79 Å². The van der Waals surface area contributed by atoms with Gasteiger partial charge < -0.3 is 4.84 Å². The van der Waals surface area contributed by atoms with Gasteiger partial charge in [-0.1, -0.05) is 35.0 Å². The van der Waals surface area contributed by atoms with E-state index in [-0.39, 0.29) is 16.3 Å². The van der Waals surface area contributed by atoms with Crippen LogP contribution in [0.5, 0.6) is 0 Å². The number of oxime groups is 1. The molecule has 1 aromatic heterocycles. The van der Waals surface area contributed by atoms with E-state index < -0.39 is 10.9 Å². The van der Waals surface area contributed by atoms with Crippen molar-refractivity contribution in [1.29, 1.82) is 0 Å². The zero-order chi connectivity index (χ0) is 18.5. The van der Waals surface area contributed by atoms with Gasteiger partial charge in [0.2, 0.25) is 0 Å². The lowest BCUT2D eigenvalue weighted by atomic mass is 10.1. The van der Waals surface area contributed by atoms with Gasteiger partial charge in [0, 0.05) is 17.7 Å². The van der Waals surface area contributed by atoms with Gasteiger partial charge in [0.25, 0.3) is 5.69 Å². The largest absolute Gasteiger partial charge is 0.367 e. The van der Waals surface area contributed by atoms with Gasteiger partial charge in [0.05, 0.1) is 20.4 Å². The highest BCUT2D eigenvalue weighted by atomic mass is 35.5. The second-order valence-electron chi connectivity index (χ2n) is 5.08. The van der Waals surface area contributed by atoms with E-state index in [4.69, 9.17) is 16.4 Å². The Hall–Kier alpha value is -3.03. The molecule has 3 rings (SSSR count). The summed E-state index contributed by atoms with van der Waals surface area (Å²) in [5, 5.41) is 16.9. The molecule has 8 heteroatoms. The highest BCUT2D eigenvalue weighted by Crippen LogP contribution is 2.21. The standard InChI is InChI=1S/C18H11ClN2O4S/c19-15-5-2-1-4-14(15)18(22)25-20-17(16-6-3-11-26-16)12-7-9-13(10-8-12)21(23)24/h1-11H/b20-17+. The molecule has 0 radical (unpaired) electrons. The number of hydrogen-bond acceptors (Lipinski definition) is 6. The maximum atomic E-state index is 12.2. The van der Waals surface area contributed by atoms with Crippen LogP contribution in [0.4, 0.5) is 5.69 Å². The van der Waals surface area contributed by atoms with Crippen molar-refractivity contribution in [3.63, 3.8) is 0 Å². The summed E-state index contributed by atoms with van der Waals surface area (Å²) in [5.41, 5.74) is 1.15. The van der Waals surface area contributed by atoms with Crippen LogP contribution >= 0.6 is 22.9 Å². The molecule has 0 saturated carbocycles. The first-order valence-electron chi connectivity index (χ1n) is 7.39. The maximum Gasteiger partial charge on any atom is 0.367 e. The van der Waals surface area contributed by atoms with Crippen molar-refractivity contribution in [2.45, 2.75) is 0 Å². The molecule has 3 aromatic rings. The van der Waals surface area contributed by atoms with Gasteiger partial charge in [0.1, 0.15) is 5.71 Å². The van der Waals surface area contributed by atoms with Crippen molar-refractivity contribution in [3.05, 3.63) is 97.2 Å². The Bertz CT molecular complexity index is 969. The number of carbonyl (C=O) groups is 1. The van der Waals surface area contributed by atoms with E-state index in [1.54, 1.807) is 30.3 Å².